The molecule has 0 saturated heterocycles. The highest BCUT2D eigenvalue weighted by Gasteiger charge is 2.21. The third-order valence-corrected chi connectivity index (χ3v) is 3.20. The van der Waals surface area contributed by atoms with Crippen molar-refractivity contribution in [3.05, 3.63) is 23.9 Å². The molecule has 0 saturated carbocycles. The molecule has 1 heterocycles. The van der Waals surface area contributed by atoms with Crippen molar-refractivity contribution in [2.24, 2.45) is 11.3 Å². The van der Waals surface area contributed by atoms with Crippen LogP contribution in [0.4, 0.5) is 5.82 Å². The van der Waals surface area contributed by atoms with Crippen molar-refractivity contribution in [3.63, 3.8) is 0 Å². The molecule has 0 radical (unpaired) electrons. The molecular weight excluding hydrogens is 184 g/mol. The Morgan fingerprint density at radius 1 is 1.40 bits per heavy atom. The minimum Gasteiger partial charge on any atom is -0.370 e. The average Bonchev–Trinajstić information content (AvgIpc) is 2.15. The minimum atomic E-state index is 0.297. The van der Waals surface area contributed by atoms with Crippen LogP contribution in [0.2, 0.25) is 0 Å². The zero-order valence-electron chi connectivity index (χ0n) is 10.5. The second kappa shape index (κ2) is 4.65. The number of hydrogen-bond donors (Lipinski definition) is 1. The van der Waals surface area contributed by atoms with Crippen molar-refractivity contribution < 1.29 is 0 Å². The van der Waals surface area contributed by atoms with Gasteiger partial charge in [-0.3, -0.25) is 0 Å². The van der Waals surface area contributed by atoms with Gasteiger partial charge < -0.3 is 5.32 Å². The molecule has 0 amide bonds. The molecule has 0 aliphatic heterocycles. The normalized spacial score (nSPS) is 11.9. The lowest BCUT2D eigenvalue weighted by Crippen LogP contribution is -2.28. The third kappa shape index (κ3) is 3.54. The lowest BCUT2D eigenvalue weighted by atomic mass is 9.81. The first kappa shape index (κ1) is 12.0. The summed E-state index contributed by atoms with van der Waals surface area (Å²) in [5.41, 5.74) is 1.54. The monoisotopic (exact) mass is 206 g/mol. The van der Waals surface area contributed by atoms with E-state index in [-0.39, 0.29) is 0 Å². The molecule has 1 N–H and O–H groups in total. The van der Waals surface area contributed by atoms with E-state index >= 15 is 0 Å². The van der Waals surface area contributed by atoms with Crippen LogP contribution in [0.25, 0.3) is 0 Å². The van der Waals surface area contributed by atoms with Gasteiger partial charge in [0.15, 0.2) is 0 Å². The standard InChI is InChI=1S/C13H22N2/c1-10(2)13(4,5)9-15-12-8-11(3)6-7-14-12/h6-8,10H,9H2,1-5H3,(H,14,15). The van der Waals surface area contributed by atoms with E-state index in [1.807, 2.05) is 12.3 Å². The van der Waals surface area contributed by atoms with Gasteiger partial charge in [0.2, 0.25) is 0 Å². The Hall–Kier alpha value is -1.05. The first-order valence-corrected chi connectivity index (χ1v) is 5.58. The summed E-state index contributed by atoms with van der Waals surface area (Å²) in [4.78, 5) is 4.29. The first-order valence-electron chi connectivity index (χ1n) is 5.58. The summed E-state index contributed by atoms with van der Waals surface area (Å²) in [6, 6.07) is 4.09. The SMILES string of the molecule is Cc1ccnc(NCC(C)(C)C(C)C)c1. The van der Waals surface area contributed by atoms with Crippen molar-refractivity contribution in [1.29, 1.82) is 0 Å². The van der Waals surface area contributed by atoms with Gasteiger partial charge in [-0.25, -0.2) is 4.98 Å². The molecule has 2 nitrogen and oxygen atoms in total. The van der Waals surface area contributed by atoms with E-state index < -0.39 is 0 Å². The van der Waals surface area contributed by atoms with Gasteiger partial charge >= 0.3 is 0 Å². The molecule has 1 aromatic rings. The summed E-state index contributed by atoms with van der Waals surface area (Å²) in [6.07, 6.45) is 1.85. The van der Waals surface area contributed by atoms with Crippen LogP contribution in [0, 0.1) is 18.3 Å². The Morgan fingerprint density at radius 2 is 2.07 bits per heavy atom. The number of hydrogen-bond acceptors (Lipinski definition) is 2. The number of pyridine rings is 1. The van der Waals surface area contributed by atoms with Crippen LogP contribution < -0.4 is 5.32 Å². The Bertz CT molecular complexity index is 316. The van der Waals surface area contributed by atoms with Crippen LogP contribution in [-0.2, 0) is 0 Å². The summed E-state index contributed by atoms with van der Waals surface area (Å²) >= 11 is 0. The topological polar surface area (TPSA) is 24.9 Å². The van der Waals surface area contributed by atoms with E-state index in [1.165, 1.54) is 5.56 Å². The number of anilines is 1. The molecule has 0 aliphatic carbocycles. The van der Waals surface area contributed by atoms with Gasteiger partial charge in [0.05, 0.1) is 0 Å². The van der Waals surface area contributed by atoms with E-state index in [1.54, 1.807) is 0 Å². The van der Waals surface area contributed by atoms with Crippen molar-refractivity contribution >= 4 is 5.82 Å². The number of nitrogens with one attached hydrogen (secondary N) is 1. The highest BCUT2D eigenvalue weighted by Crippen LogP contribution is 2.26. The smallest absolute Gasteiger partial charge is 0.126 e. The van der Waals surface area contributed by atoms with Gasteiger partial charge in [0.25, 0.3) is 0 Å². The zero-order chi connectivity index (χ0) is 11.5. The molecule has 0 bridgehead atoms. The van der Waals surface area contributed by atoms with Gasteiger partial charge in [-0.1, -0.05) is 27.7 Å². The Morgan fingerprint density at radius 3 is 2.60 bits per heavy atom. The summed E-state index contributed by atoms with van der Waals surface area (Å²) in [7, 11) is 0. The summed E-state index contributed by atoms with van der Waals surface area (Å²) in [5.74, 6) is 1.64. The largest absolute Gasteiger partial charge is 0.370 e. The molecular formula is C13H22N2. The van der Waals surface area contributed by atoms with E-state index in [4.69, 9.17) is 0 Å². The highest BCUT2D eigenvalue weighted by molar-refractivity contribution is 5.37. The predicted octanol–water partition coefficient (Wildman–Crippen LogP) is 3.48. The molecule has 0 atom stereocenters. The maximum absolute atomic E-state index is 4.29. The maximum atomic E-state index is 4.29. The lowest BCUT2D eigenvalue weighted by Gasteiger charge is -2.29. The Kier molecular flexibility index (Phi) is 3.72. The van der Waals surface area contributed by atoms with Crippen LogP contribution in [-0.4, -0.2) is 11.5 Å². The Balaban J connectivity index is 2.57. The fourth-order valence-corrected chi connectivity index (χ4v) is 1.16. The van der Waals surface area contributed by atoms with Crippen LogP contribution in [0.5, 0.6) is 0 Å². The van der Waals surface area contributed by atoms with Gasteiger partial charge in [0.1, 0.15) is 5.82 Å². The summed E-state index contributed by atoms with van der Waals surface area (Å²) in [5, 5.41) is 3.40. The molecule has 84 valence electrons. The Labute approximate surface area is 93.1 Å². The van der Waals surface area contributed by atoms with E-state index in [9.17, 15) is 0 Å². The second-order valence-corrected chi connectivity index (χ2v) is 5.22. The first-order chi connectivity index (χ1) is 6.92. The van der Waals surface area contributed by atoms with Crippen LogP contribution in [0.3, 0.4) is 0 Å². The zero-order valence-corrected chi connectivity index (χ0v) is 10.5. The molecule has 0 spiro atoms. The second-order valence-electron chi connectivity index (χ2n) is 5.22. The predicted molar refractivity (Wildman–Crippen MR) is 66.1 cm³/mol. The van der Waals surface area contributed by atoms with Crippen molar-refractivity contribution in [1.82, 2.24) is 4.98 Å². The van der Waals surface area contributed by atoms with E-state index in [0.717, 1.165) is 12.4 Å². The van der Waals surface area contributed by atoms with Crippen molar-refractivity contribution in [2.75, 3.05) is 11.9 Å². The average molecular weight is 206 g/mol. The molecule has 1 aromatic heterocycles. The lowest BCUT2D eigenvalue weighted by molar-refractivity contribution is 0.269. The highest BCUT2D eigenvalue weighted by atomic mass is 15.0. The molecule has 0 fully saturated rings. The number of nitrogens with zero attached hydrogens (tertiary/aromatic N) is 1. The molecule has 15 heavy (non-hydrogen) atoms. The maximum Gasteiger partial charge on any atom is 0.126 e. The minimum absolute atomic E-state index is 0.297. The number of aromatic nitrogens is 1. The van der Waals surface area contributed by atoms with E-state index in [0.29, 0.717) is 11.3 Å². The van der Waals surface area contributed by atoms with Gasteiger partial charge in [0, 0.05) is 12.7 Å². The third-order valence-electron chi connectivity index (χ3n) is 3.20. The van der Waals surface area contributed by atoms with Crippen LogP contribution in [0.1, 0.15) is 33.3 Å². The van der Waals surface area contributed by atoms with Crippen LogP contribution in [0.15, 0.2) is 18.3 Å². The molecule has 2 heteroatoms. The van der Waals surface area contributed by atoms with Crippen molar-refractivity contribution in [2.45, 2.75) is 34.6 Å². The van der Waals surface area contributed by atoms with Crippen LogP contribution >= 0.6 is 0 Å². The summed E-state index contributed by atoms with van der Waals surface area (Å²) < 4.78 is 0. The molecule has 0 aromatic carbocycles. The van der Waals surface area contributed by atoms with Gasteiger partial charge in [-0.05, 0) is 36.0 Å². The fraction of sp³-hybridized carbons (Fsp3) is 0.615. The van der Waals surface area contributed by atoms with Gasteiger partial charge in [-0.15, -0.1) is 0 Å². The van der Waals surface area contributed by atoms with E-state index in [2.05, 4.69) is 51.0 Å². The quantitative estimate of drug-likeness (QED) is 0.815. The van der Waals surface area contributed by atoms with Gasteiger partial charge in [-0.2, -0.15) is 0 Å². The fourth-order valence-electron chi connectivity index (χ4n) is 1.16. The number of aryl methyl sites for hydroxylation is 1. The molecule has 1 rings (SSSR count). The molecule has 0 unspecified atom stereocenters. The summed E-state index contributed by atoms with van der Waals surface area (Å²) in [6.45, 7) is 12.1. The van der Waals surface area contributed by atoms with Crippen molar-refractivity contribution in [3.8, 4) is 0 Å². The molecule has 0 aliphatic rings. The number of rotatable bonds is 4.